The maximum Gasteiger partial charge on any atom is 0.271 e. The number of thiophene rings is 1. The number of allylic oxidation sites excluding steroid dienone is 2. The lowest BCUT2D eigenvalue weighted by atomic mass is 9.78. The van der Waals surface area contributed by atoms with E-state index in [4.69, 9.17) is 0 Å². The predicted octanol–water partition coefficient (Wildman–Crippen LogP) is 2.43. The van der Waals surface area contributed by atoms with Crippen molar-refractivity contribution in [2.45, 2.75) is 33.6 Å². The highest BCUT2D eigenvalue weighted by Crippen LogP contribution is 2.40. The molecular weight excluding hydrogens is 300 g/mol. The summed E-state index contributed by atoms with van der Waals surface area (Å²) in [4.78, 5) is 38.1. The fourth-order valence-corrected chi connectivity index (χ4v) is 3.77. The van der Waals surface area contributed by atoms with Crippen LogP contribution in [0.5, 0.6) is 0 Å². The van der Waals surface area contributed by atoms with Gasteiger partial charge in [0.1, 0.15) is 0 Å². The minimum atomic E-state index is -0.411. The Morgan fingerprint density at radius 2 is 1.68 bits per heavy atom. The number of carbonyl (C=O) groups is 3. The molecule has 1 aliphatic heterocycles. The fourth-order valence-electron chi connectivity index (χ4n) is 3.09. The SMILES string of the molecule is CC1=C(C)C[C@H]2C(=O)N(NC(=O)c3csc(C)c3)C(=O)[C@H]2C1. The van der Waals surface area contributed by atoms with Gasteiger partial charge in [-0.05, 0) is 39.7 Å². The summed E-state index contributed by atoms with van der Waals surface area (Å²) < 4.78 is 0. The van der Waals surface area contributed by atoms with Gasteiger partial charge in [0, 0.05) is 10.3 Å². The third-order valence-corrected chi connectivity index (χ3v) is 5.41. The van der Waals surface area contributed by atoms with E-state index >= 15 is 0 Å². The van der Waals surface area contributed by atoms with E-state index in [2.05, 4.69) is 5.43 Å². The molecule has 0 bridgehead atoms. The molecule has 0 unspecified atom stereocenters. The summed E-state index contributed by atoms with van der Waals surface area (Å²) in [6.07, 6.45) is 1.20. The molecular formula is C16H18N2O3S. The van der Waals surface area contributed by atoms with Crippen LogP contribution in [-0.4, -0.2) is 22.7 Å². The lowest BCUT2D eigenvalue weighted by Crippen LogP contribution is -2.46. The molecule has 0 saturated carbocycles. The zero-order chi connectivity index (χ0) is 16.0. The average molecular weight is 318 g/mol. The fraction of sp³-hybridized carbons (Fsp3) is 0.438. The minimum Gasteiger partial charge on any atom is -0.272 e. The zero-order valence-corrected chi connectivity index (χ0v) is 13.6. The van der Waals surface area contributed by atoms with E-state index in [0.29, 0.717) is 18.4 Å². The van der Waals surface area contributed by atoms with Crippen LogP contribution in [0.1, 0.15) is 41.9 Å². The number of hydrazine groups is 1. The Morgan fingerprint density at radius 3 is 2.14 bits per heavy atom. The number of carbonyl (C=O) groups excluding carboxylic acids is 3. The molecule has 0 aromatic carbocycles. The van der Waals surface area contributed by atoms with Crippen LogP contribution in [0.4, 0.5) is 0 Å². The van der Waals surface area contributed by atoms with Crippen molar-refractivity contribution in [2.24, 2.45) is 11.8 Å². The summed E-state index contributed by atoms with van der Waals surface area (Å²) in [6.45, 7) is 5.90. The largest absolute Gasteiger partial charge is 0.272 e. The van der Waals surface area contributed by atoms with Crippen molar-refractivity contribution in [3.8, 4) is 0 Å². The second kappa shape index (κ2) is 5.35. The van der Waals surface area contributed by atoms with E-state index in [1.807, 2.05) is 20.8 Å². The van der Waals surface area contributed by atoms with Crippen LogP contribution in [0.2, 0.25) is 0 Å². The van der Waals surface area contributed by atoms with Gasteiger partial charge in [0.25, 0.3) is 17.7 Å². The number of amides is 3. The van der Waals surface area contributed by atoms with Crippen LogP contribution in [-0.2, 0) is 9.59 Å². The van der Waals surface area contributed by atoms with E-state index in [9.17, 15) is 14.4 Å². The van der Waals surface area contributed by atoms with Crippen molar-refractivity contribution < 1.29 is 14.4 Å². The highest BCUT2D eigenvalue weighted by Gasteiger charge is 2.49. The van der Waals surface area contributed by atoms with Gasteiger partial charge < -0.3 is 0 Å². The Bertz CT molecular complexity index is 672. The van der Waals surface area contributed by atoms with Crippen molar-refractivity contribution in [2.75, 3.05) is 0 Å². The Balaban J connectivity index is 1.78. The summed E-state index contributed by atoms with van der Waals surface area (Å²) in [5.74, 6) is -1.66. The molecule has 1 aromatic rings. The van der Waals surface area contributed by atoms with Gasteiger partial charge in [-0.2, -0.15) is 5.01 Å². The molecule has 1 aliphatic carbocycles. The van der Waals surface area contributed by atoms with Crippen molar-refractivity contribution in [1.29, 1.82) is 0 Å². The number of fused-ring (bicyclic) bond motifs is 1. The van der Waals surface area contributed by atoms with Crippen molar-refractivity contribution >= 4 is 29.1 Å². The highest BCUT2D eigenvalue weighted by atomic mass is 32.1. The molecule has 1 fully saturated rings. The van der Waals surface area contributed by atoms with E-state index in [1.165, 1.54) is 22.5 Å². The standard InChI is InChI=1S/C16H18N2O3S/c1-8-4-12-13(5-9(8)2)16(21)18(15(12)20)17-14(19)11-6-10(3)22-7-11/h6-7,12-13H,4-5H2,1-3H3,(H,17,19)/t12-,13+. The molecule has 3 amide bonds. The molecule has 2 aliphatic rings. The van der Waals surface area contributed by atoms with Gasteiger partial charge in [-0.1, -0.05) is 11.1 Å². The third kappa shape index (κ3) is 2.37. The topological polar surface area (TPSA) is 66.5 Å². The summed E-state index contributed by atoms with van der Waals surface area (Å²) in [6, 6.07) is 1.74. The summed E-state index contributed by atoms with van der Waals surface area (Å²) in [5.41, 5.74) is 5.29. The van der Waals surface area contributed by atoms with Crippen LogP contribution in [0.25, 0.3) is 0 Å². The first-order valence-corrected chi connectivity index (χ1v) is 8.15. The Hall–Kier alpha value is -1.95. The molecule has 0 radical (unpaired) electrons. The molecule has 22 heavy (non-hydrogen) atoms. The molecule has 3 rings (SSSR count). The number of hydrogen-bond donors (Lipinski definition) is 1. The van der Waals surface area contributed by atoms with Gasteiger partial charge in [-0.25, -0.2) is 0 Å². The molecule has 5 nitrogen and oxygen atoms in total. The lowest BCUT2D eigenvalue weighted by molar-refractivity contribution is -0.142. The van der Waals surface area contributed by atoms with Crippen molar-refractivity contribution in [3.05, 3.63) is 33.0 Å². The second-order valence-corrected chi connectivity index (χ2v) is 7.20. The average Bonchev–Trinajstić information content (AvgIpc) is 2.99. The monoisotopic (exact) mass is 318 g/mol. The van der Waals surface area contributed by atoms with Crippen molar-refractivity contribution in [3.63, 3.8) is 0 Å². The Morgan fingerprint density at radius 1 is 1.14 bits per heavy atom. The first-order chi connectivity index (χ1) is 10.4. The number of rotatable bonds is 2. The quantitative estimate of drug-likeness (QED) is 0.673. The number of hydrogen-bond acceptors (Lipinski definition) is 4. The molecule has 1 aromatic heterocycles. The Labute approximate surface area is 133 Å². The third-order valence-electron chi connectivity index (χ3n) is 4.55. The van der Waals surface area contributed by atoms with Crippen LogP contribution in [0, 0.1) is 18.8 Å². The van der Waals surface area contributed by atoms with Gasteiger partial charge in [-0.15, -0.1) is 11.3 Å². The van der Waals surface area contributed by atoms with Gasteiger partial charge in [0.05, 0.1) is 17.4 Å². The highest BCUT2D eigenvalue weighted by molar-refractivity contribution is 7.10. The molecule has 1 N–H and O–H groups in total. The Kier molecular flexibility index (Phi) is 3.64. The number of aryl methyl sites for hydroxylation is 1. The molecule has 0 spiro atoms. The number of nitrogens with one attached hydrogen (secondary N) is 1. The van der Waals surface area contributed by atoms with Crippen LogP contribution >= 0.6 is 11.3 Å². The maximum atomic E-state index is 12.4. The maximum absolute atomic E-state index is 12.4. The summed E-state index contributed by atoms with van der Waals surface area (Å²) in [7, 11) is 0. The van der Waals surface area contributed by atoms with E-state index in [-0.39, 0.29) is 23.7 Å². The lowest BCUT2D eigenvalue weighted by Gasteiger charge is -2.23. The zero-order valence-electron chi connectivity index (χ0n) is 12.8. The molecule has 6 heteroatoms. The first kappa shape index (κ1) is 15.0. The minimum absolute atomic E-state index is 0.290. The number of nitrogens with zero attached hydrogens (tertiary/aromatic N) is 1. The summed E-state index contributed by atoms with van der Waals surface area (Å²) in [5, 5.41) is 2.65. The van der Waals surface area contributed by atoms with Gasteiger partial charge >= 0.3 is 0 Å². The van der Waals surface area contributed by atoms with E-state index < -0.39 is 5.91 Å². The van der Waals surface area contributed by atoms with E-state index in [0.717, 1.165) is 9.89 Å². The van der Waals surface area contributed by atoms with Crippen LogP contribution in [0.3, 0.4) is 0 Å². The molecule has 2 heterocycles. The van der Waals surface area contributed by atoms with Crippen LogP contribution in [0.15, 0.2) is 22.6 Å². The van der Waals surface area contributed by atoms with Gasteiger partial charge in [0.15, 0.2) is 0 Å². The normalized spacial score (nSPS) is 24.8. The van der Waals surface area contributed by atoms with Crippen molar-refractivity contribution in [1.82, 2.24) is 10.4 Å². The predicted molar refractivity (Wildman–Crippen MR) is 83.0 cm³/mol. The second-order valence-electron chi connectivity index (χ2n) is 6.08. The number of imide groups is 1. The van der Waals surface area contributed by atoms with Crippen LogP contribution < -0.4 is 5.43 Å². The molecule has 1 saturated heterocycles. The van der Waals surface area contributed by atoms with Gasteiger partial charge in [-0.3, -0.25) is 19.8 Å². The first-order valence-electron chi connectivity index (χ1n) is 7.27. The van der Waals surface area contributed by atoms with Gasteiger partial charge in [0.2, 0.25) is 0 Å². The molecule has 2 atom stereocenters. The summed E-state index contributed by atoms with van der Waals surface area (Å²) >= 11 is 1.46. The molecule has 116 valence electrons. The smallest absolute Gasteiger partial charge is 0.271 e. The van der Waals surface area contributed by atoms with E-state index in [1.54, 1.807) is 11.4 Å².